The standard InChI is InChI=1S/C23H36O7/c1-4-13(2)23(29)30-20-11-17(25)9-15-6-5-14(3)19(22(15)20)8-7-16(24)10-18(26)12-21(27)28/h5-6,9,13-14,16-20,22,24-26H,4,7-8,10-12H2,1-3H3,(H,27,28)/t13?,14-,16-,17+,18+,19-,20-,22-/m1/s1. The Morgan fingerprint density at radius 3 is 2.60 bits per heavy atom. The van der Waals surface area contributed by atoms with Crippen molar-refractivity contribution in [3.8, 4) is 0 Å². The topological polar surface area (TPSA) is 124 Å². The van der Waals surface area contributed by atoms with Crippen molar-refractivity contribution in [3.05, 3.63) is 23.8 Å². The second kappa shape index (κ2) is 11.1. The number of aliphatic hydroxyl groups excluding tert-OH is 3. The third-order valence-electron chi connectivity index (χ3n) is 6.44. The van der Waals surface area contributed by atoms with Crippen molar-refractivity contribution in [1.29, 1.82) is 0 Å². The molecule has 0 saturated carbocycles. The van der Waals surface area contributed by atoms with Crippen molar-refractivity contribution in [1.82, 2.24) is 0 Å². The maximum absolute atomic E-state index is 12.4. The highest BCUT2D eigenvalue weighted by Gasteiger charge is 2.42. The molecular weight excluding hydrogens is 388 g/mol. The zero-order valence-electron chi connectivity index (χ0n) is 18.1. The molecule has 2 aliphatic rings. The number of aliphatic carboxylic acids is 1. The lowest BCUT2D eigenvalue weighted by molar-refractivity contribution is -0.159. The summed E-state index contributed by atoms with van der Waals surface area (Å²) in [5, 5.41) is 39.1. The van der Waals surface area contributed by atoms with Gasteiger partial charge in [-0.1, -0.05) is 39.0 Å². The van der Waals surface area contributed by atoms with Crippen LogP contribution in [0.2, 0.25) is 0 Å². The number of hydrogen-bond donors (Lipinski definition) is 4. The molecule has 0 bridgehead atoms. The van der Waals surface area contributed by atoms with Crippen molar-refractivity contribution in [2.24, 2.45) is 23.7 Å². The Balaban J connectivity index is 2.09. The number of carbonyl (C=O) groups is 2. The number of ether oxygens (including phenoxy) is 1. The van der Waals surface area contributed by atoms with E-state index < -0.39 is 30.4 Å². The van der Waals surface area contributed by atoms with Crippen molar-refractivity contribution in [2.75, 3.05) is 0 Å². The van der Waals surface area contributed by atoms with Crippen LogP contribution in [0, 0.1) is 23.7 Å². The first-order valence-electron chi connectivity index (χ1n) is 11.0. The van der Waals surface area contributed by atoms with Crippen LogP contribution in [0.5, 0.6) is 0 Å². The minimum Gasteiger partial charge on any atom is -0.481 e. The molecule has 0 amide bonds. The summed E-state index contributed by atoms with van der Waals surface area (Å²) in [7, 11) is 0. The molecular formula is C23H36O7. The summed E-state index contributed by atoms with van der Waals surface area (Å²) in [5.74, 6) is -1.31. The average molecular weight is 425 g/mol. The van der Waals surface area contributed by atoms with Crippen LogP contribution in [0.15, 0.2) is 23.8 Å². The van der Waals surface area contributed by atoms with Gasteiger partial charge in [0.05, 0.1) is 30.7 Å². The molecule has 7 heteroatoms. The van der Waals surface area contributed by atoms with Crippen LogP contribution in [-0.4, -0.2) is 56.8 Å². The predicted octanol–water partition coefficient (Wildman–Crippen LogP) is 2.44. The van der Waals surface area contributed by atoms with E-state index in [0.717, 1.165) is 5.57 Å². The molecule has 0 aromatic heterocycles. The zero-order chi connectivity index (χ0) is 22.4. The summed E-state index contributed by atoms with van der Waals surface area (Å²) in [6.45, 7) is 5.85. The maximum Gasteiger partial charge on any atom is 0.308 e. The smallest absolute Gasteiger partial charge is 0.308 e. The Labute approximate surface area is 178 Å². The molecule has 0 aromatic carbocycles. The van der Waals surface area contributed by atoms with Crippen molar-refractivity contribution >= 4 is 11.9 Å². The highest BCUT2D eigenvalue weighted by molar-refractivity contribution is 5.72. The molecule has 2 aliphatic carbocycles. The van der Waals surface area contributed by atoms with Crippen molar-refractivity contribution < 1.29 is 34.8 Å². The molecule has 170 valence electrons. The van der Waals surface area contributed by atoms with E-state index in [9.17, 15) is 24.9 Å². The zero-order valence-corrected chi connectivity index (χ0v) is 18.1. The number of esters is 1. The van der Waals surface area contributed by atoms with Crippen LogP contribution >= 0.6 is 0 Å². The van der Waals surface area contributed by atoms with Gasteiger partial charge in [0.25, 0.3) is 0 Å². The lowest BCUT2D eigenvalue weighted by atomic mass is 9.66. The van der Waals surface area contributed by atoms with Gasteiger partial charge in [-0.2, -0.15) is 0 Å². The number of carbonyl (C=O) groups excluding carboxylic acids is 1. The fourth-order valence-electron chi connectivity index (χ4n) is 4.52. The van der Waals surface area contributed by atoms with Gasteiger partial charge in [0, 0.05) is 12.3 Å². The van der Waals surface area contributed by atoms with Crippen LogP contribution in [-0.2, 0) is 14.3 Å². The second-order valence-electron chi connectivity index (χ2n) is 8.88. The van der Waals surface area contributed by atoms with Gasteiger partial charge >= 0.3 is 11.9 Å². The summed E-state index contributed by atoms with van der Waals surface area (Å²) in [6.07, 6.45) is 4.64. The quantitative estimate of drug-likeness (QED) is 0.397. The predicted molar refractivity (Wildman–Crippen MR) is 111 cm³/mol. The molecule has 0 fully saturated rings. The van der Waals surface area contributed by atoms with E-state index in [1.54, 1.807) is 0 Å². The number of carboxylic acid groups (broad SMARTS) is 1. The summed E-state index contributed by atoms with van der Waals surface area (Å²) in [6, 6.07) is 0. The molecule has 2 rings (SSSR count). The normalized spacial score (nSPS) is 31.3. The van der Waals surface area contributed by atoms with Crippen molar-refractivity contribution in [2.45, 2.75) is 83.7 Å². The van der Waals surface area contributed by atoms with Crippen LogP contribution in [0.4, 0.5) is 0 Å². The summed E-state index contributed by atoms with van der Waals surface area (Å²) >= 11 is 0. The fourth-order valence-corrected chi connectivity index (χ4v) is 4.52. The van der Waals surface area contributed by atoms with Crippen molar-refractivity contribution in [3.63, 3.8) is 0 Å². The highest BCUT2D eigenvalue weighted by atomic mass is 16.5. The van der Waals surface area contributed by atoms with Gasteiger partial charge in [0.2, 0.25) is 0 Å². The van der Waals surface area contributed by atoms with E-state index in [0.29, 0.717) is 25.7 Å². The van der Waals surface area contributed by atoms with E-state index in [4.69, 9.17) is 9.84 Å². The summed E-state index contributed by atoms with van der Waals surface area (Å²) < 4.78 is 5.84. The SMILES string of the molecule is CCC(C)C(=O)O[C@@H]1C[C@@H](O)C=C2C=C[C@@H](C)[C@@H](CC[C@@H](O)C[C@H](O)CC(=O)O)[C@@H]21. The molecule has 0 aliphatic heterocycles. The largest absolute Gasteiger partial charge is 0.481 e. The van der Waals surface area contributed by atoms with E-state index in [1.165, 1.54) is 0 Å². The molecule has 0 aromatic rings. The number of fused-ring (bicyclic) bond motifs is 1. The van der Waals surface area contributed by atoms with Gasteiger partial charge in [0.1, 0.15) is 6.10 Å². The minimum atomic E-state index is -1.10. The molecule has 0 spiro atoms. The Morgan fingerprint density at radius 1 is 1.27 bits per heavy atom. The molecule has 0 saturated heterocycles. The number of allylic oxidation sites excluding steroid dienone is 2. The Bertz CT molecular complexity index is 656. The molecule has 4 N–H and O–H groups in total. The van der Waals surface area contributed by atoms with Gasteiger partial charge in [-0.05, 0) is 43.1 Å². The first kappa shape index (κ1) is 24.6. The molecule has 1 unspecified atom stereocenters. The lowest BCUT2D eigenvalue weighted by Crippen LogP contribution is -2.43. The lowest BCUT2D eigenvalue weighted by Gasteiger charge is -2.43. The number of hydrogen-bond acceptors (Lipinski definition) is 6. The first-order chi connectivity index (χ1) is 14.1. The molecule has 8 atom stereocenters. The molecule has 7 nitrogen and oxygen atoms in total. The summed E-state index contributed by atoms with van der Waals surface area (Å²) in [5.41, 5.74) is 0.958. The van der Waals surface area contributed by atoms with E-state index in [2.05, 4.69) is 13.0 Å². The minimum absolute atomic E-state index is 0.0156. The number of aliphatic hydroxyl groups is 3. The summed E-state index contributed by atoms with van der Waals surface area (Å²) in [4.78, 5) is 23.1. The number of rotatable bonds is 10. The van der Waals surface area contributed by atoms with Gasteiger partial charge in [0.15, 0.2) is 0 Å². The molecule has 30 heavy (non-hydrogen) atoms. The van der Waals surface area contributed by atoms with E-state index in [-0.39, 0.29) is 42.5 Å². The average Bonchev–Trinajstić information content (AvgIpc) is 2.65. The maximum atomic E-state index is 12.4. The third kappa shape index (κ3) is 6.65. The number of carboxylic acids is 1. The van der Waals surface area contributed by atoms with Gasteiger partial charge in [-0.3, -0.25) is 9.59 Å². The Morgan fingerprint density at radius 2 is 1.97 bits per heavy atom. The van der Waals surface area contributed by atoms with Crippen LogP contribution in [0.1, 0.15) is 59.3 Å². The molecule has 0 heterocycles. The van der Waals surface area contributed by atoms with Crippen LogP contribution in [0.3, 0.4) is 0 Å². The van der Waals surface area contributed by atoms with Crippen LogP contribution < -0.4 is 0 Å². The Hall–Kier alpha value is -1.70. The van der Waals surface area contributed by atoms with Crippen LogP contribution in [0.25, 0.3) is 0 Å². The monoisotopic (exact) mass is 424 g/mol. The second-order valence-corrected chi connectivity index (χ2v) is 8.88. The van der Waals surface area contributed by atoms with Gasteiger partial charge in [-0.15, -0.1) is 0 Å². The van der Waals surface area contributed by atoms with Gasteiger partial charge < -0.3 is 25.2 Å². The van der Waals surface area contributed by atoms with Gasteiger partial charge in [-0.25, -0.2) is 0 Å². The first-order valence-corrected chi connectivity index (χ1v) is 11.0. The van der Waals surface area contributed by atoms with E-state index >= 15 is 0 Å². The Kier molecular flexibility index (Phi) is 9.07. The molecule has 0 radical (unpaired) electrons. The van der Waals surface area contributed by atoms with E-state index in [1.807, 2.05) is 26.0 Å². The highest BCUT2D eigenvalue weighted by Crippen LogP contribution is 2.44. The third-order valence-corrected chi connectivity index (χ3v) is 6.44. The fraction of sp³-hybridized carbons (Fsp3) is 0.739.